The van der Waals surface area contributed by atoms with Crippen LogP contribution < -0.4 is 10.5 Å². The molecular weight excluding hydrogens is 442 g/mol. The van der Waals surface area contributed by atoms with Crippen LogP contribution in [-0.4, -0.2) is 25.0 Å². The van der Waals surface area contributed by atoms with Crippen LogP contribution in [0.3, 0.4) is 0 Å². The molecule has 3 N–H and O–H groups in total. The zero-order valence-corrected chi connectivity index (χ0v) is 16.0. The maximum Gasteiger partial charge on any atom is 0.433 e. The van der Waals surface area contributed by atoms with Crippen LogP contribution in [-0.2, 0) is 28.9 Å². The summed E-state index contributed by atoms with van der Waals surface area (Å²) < 4.78 is 94.0. The van der Waals surface area contributed by atoms with E-state index in [1.807, 2.05) is 0 Å². The molecule has 164 valence electrons. The van der Waals surface area contributed by atoms with E-state index in [4.69, 9.17) is 5.14 Å². The van der Waals surface area contributed by atoms with E-state index in [9.17, 15) is 35.3 Å². The van der Waals surface area contributed by atoms with Crippen molar-refractivity contribution in [2.24, 2.45) is 9.50 Å². The molecule has 0 spiro atoms. The Morgan fingerprint density at radius 2 is 2.03 bits per heavy atom. The lowest BCUT2D eigenvalue weighted by Gasteiger charge is -2.17. The number of aromatic nitrogens is 3. The first kappa shape index (κ1) is 22.0. The summed E-state index contributed by atoms with van der Waals surface area (Å²) in [7, 11) is -4.40. The zero-order chi connectivity index (χ0) is 22.4. The Bertz CT molecular complexity index is 1140. The second-order valence-corrected chi connectivity index (χ2v) is 8.07. The van der Waals surface area contributed by atoms with E-state index < -0.39 is 45.2 Å². The largest absolute Gasteiger partial charge is 0.433 e. The average Bonchev–Trinajstić information content (AvgIpc) is 3.22. The zero-order valence-electron chi connectivity index (χ0n) is 15.1. The molecule has 2 aromatic rings. The summed E-state index contributed by atoms with van der Waals surface area (Å²) in [5, 5.41) is 9.22. The van der Waals surface area contributed by atoms with Crippen LogP contribution in [0.4, 0.5) is 36.8 Å². The molecule has 0 fully saturated rings. The molecule has 0 aromatic carbocycles. The van der Waals surface area contributed by atoms with Gasteiger partial charge in [0.2, 0.25) is 5.03 Å². The molecule has 2 aromatic heterocycles. The van der Waals surface area contributed by atoms with Crippen molar-refractivity contribution in [1.29, 1.82) is 0 Å². The third kappa shape index (κ3) is 4.12. The number of carbonyl (C=O) groups is 1. The molecule has 2 amide bonds. The third-order valence-electron chi connectivity index (χ3n) is 4.32. The number of anilines is 1. The van der Waals surface area contributed by atoms with Gasteiger partial charge in [0, 0.05) is 11.3 Å². The Balaban J connectivity index is 2.01. The van der Waals surface area contributed by atoms with Gasteiger partial charge in [-0.05, 0) is 31.7 Å². The predicted octanol–water partition coefficient (Wildman–Crippen LogP) is 3.56. The number of nitrogens with two attached hydrogens (primary N) is 1. The van der Waals surface area contributed by atoms with Crippen LogP contribution in [0, 0.1) is 12.7 Å². The number of aryl methyl sites for hydroxylation is 1. The normalized spacial score (nSPS) is 15.8. The van der Waals surface area contributed by atoms with E-state index in [-0.39, 0.29) is 34.2 Å². The van der Waals surface area contributed by atoms with Crippen molar-refractivity contribution < 1.29 is 35.3 Å². The molecule has 2 heterocycles. The highest BCUT2D eigenvalue weighted by Gasteiger charge is 2.38. The van der Waals surface area contributed by atoms with Gasteiger partial charge in [0.1, 0.15) is 5.69 Å². The second kappa shape index (κ2) is 7.54. The molecule has 0 radical (unpaired) electrons. The standard InChI is InChI=1S/C15H14F6N6O2S/c1-6-10(7-3-2-4-9(7)23-11(6)15(19,20)21)24-14(28)26-30(22,29)12-8(16)5-27(25-12)13(17)18/h5,13H,2-4H2,1H3,(H3,22,23,24,26,28,29)/t30-/m1/s1. The van der Waals surface area contributed by atoms with Crippen LogP contribution in [0.1, 0.15) is 35.5 Å². The van der Waals surface area contributed by atoms with Gasteiger partial charge in [0.05, 0.1) is 11.9 Å². The number of amides is 2. The number of hydrogen-bond acceptors (Lipinski definition) is 4. The third-order valence-corrected chi connectivity index (χ3v) is 5.59. The minimum absolute atomic E-state index is 0.151. The topological polar surface area (TPSA) is 115 Å². The number of hydrogen-bond donors (Lipinski definition) is 2. The predicted molar refractivity (Wildman–Crippen MR) is 91.5 cm³/mol. The number of fused-ring (bicyclic) bond motifs is 1. The first-order chi connectivity index (χ1) is 13.8. The summed E-state index contributed by atoms with van der Waals surface area (Å²) in [6, 6.07) is -1.45. The minimum atomic E-state index is -4.79. The molecule has 1 atom stereocenters. The summed E-state index contributed by atoms with van der Waals surface area (Å²) in [5.74, 6) is -1.49. The highest BCUT2D eigenvalue weighted by Crippen LogP contribution is 2.38. The maximum absolute atomic E-state index is 13.8. The van der Waals surface area contributed by atoms with Crippen molar-refractivity contribution in [2.45, 2.75) is 43.9 Å². The van der Waals surface area contributed by atoms with Gasteiger partial charge in [0.15, 0.2) is 15.7 Å². The lowest BCUT2D eigenvalue weighted by Crippen LogP contribution is -2.21. The highest BCUT2D eigenvalue weighted by atomic mass is 32.2. The number of nitrogens with zero attached hydrogens (tertiary/aromatic N) is 4. The number of urea groups is 1. The first-order valence-electron chi connectivity index (χ1n) is 8.29. The van der Waals surface area contributed by atoms with Crippen molar-refractivity contribution >= 4 is 21.6 Å². The van der Waals surface area contributed by atoms with Crippen molar-refractivity contribution in [2.75, 3.05) is 5.32 Å². The van der Waals surface area contributed by atoms with Crippen molar-refractivity contribution in [3.8, 4) is 0 Å². The fourth-order valence-corrected chi connectivity index (χ4v) is 4.00. The van der Waals surface area contributed by atoms with Gasteiger partial charge in [-0.25, -0.2) is 28.2 Å². The molecule has 15 heteroatoms. The van der Waals surface area contributed by atoms with Gasteiger partial charge >= 0.3 is 18.8 Å². The van der Waals surface area contributed by atoms with Crippen LogP contribution in [0.15, 0.2) is 15.6 Å². The smallest absolute Gasteiger partial charge is 0.305 e. The first-order valence-corrected chi connectivity index (χ1v) is 9.87. The van der Waals surface area contributed by atoms with Crippen molar-refractivity contribution in [3.05, 3.63) is 34.5 Å². The second-order valence-electron chi connectivity index (χ2n) is 6.37. The van der Waals surface area contributed by atoms with Crippen molar-refractivity contribution in [1.82, 2.24) is 14.8 Å². The molecule has 30 heavy (non-hydrogen) atoms. The number of nitrogens with one attached hydrogen (secondary N) is 1. The van der Waals surface area contributed by atoms with Crippen LogP contribution >= 0.6 is 0 Å². The maximum atomic E-state index is 13.8. The molecule has 0 aliphatic heterocycles. The van der Waals surface area contributed by atoms with Gasteiger partial charge in [-0.15, -0.1) is 4.36 Å². The van der Waals surface area contributed by atoms with Gasteiger partial charge < -0.3 is 5.32 Å². The Morgan fingerprint density at radius 1 is 1.37 bits per heavy atom. The summed E-state index contributed by atoms with van der Waals surface area (Å²) in [6.07, 6.45) is -3.46. The van der Waals surface area contributed by atoms with Gasteiger partial charge in [-0.2, -0.15) is 27.1 Å². The molecular formula is C15H14F6N6O2S. The quantitative estimate of drug-likeness (QED) is 0.687. The molecule has 0 saturated carbocycles. The van der Waals surface area contributed by atoms with E-state index >= 15 is 0 Å². The van der Waals surface area contributed by atoms with E-state index in [1.165, 1.54) is 0 Å². The highest BCUT2D eigenvalue weighted by molar-refractivity contribution is 7.91. The van der Waals surface area contributed by atoms with E-state index in [1.54, 1.807) is 0 Å². The number of rotatable bonds is 3. The van der Waals surface area contributed by atoms with E-state index in [0.717, 1.165) is 6.92 Å². The fraction of sp³-hybridized carbons (Fsp3) is 0.400. The molecule has 0 unspecified atom stereocenters. The Labute approximate surface area is 165 Å². The molecule has 0 saturated heterocycles. The van der Waals surface area contributed by atoms with Crippen LogP contribution in [0.2, 0.25) is 0 Å². The van der Waals surface area contributed by atoms with E-state index in [2.05, 4.69) is 19.8 Å². The summed E-state index contributed by atoms with van der Waals surface area (Å²) in [6.45, 7) is -2.17. The van der Waals surface area contributed by atoms with Gasteiger partial charge in [-0.3, -0.25) is 0 Å². The fourth-order valence-electron chi connectivity index (χ4n) is 3.08. The molecule has 1 aliphatic carbocycles. The van der Waals surface area contributed by atoms with Crippen LogP contribution in [0.5, 0.6) is 0 Å². The Hall–Kier alpha value is -2.68. The summed E-state index contributed by atoms with van der Waals surface area (Å²) in [4.78, 5) is 15.8. The molecule has 0 bridgehead atoms. The van der Waals surface area contributed by atoms with Crippen LogP contribution in [0.25, 0.3) is 0 Å². The summed E-state index contributed by atoms with van der Waals surface area (Å²) in [5.41, 5.74) is -1.29. The molecule has 1 aliphatic rings. The number of carbonyl (C=O) groups excluding carboxylic acids is 1. The summed E-state index contributed by atoms with van der Waals surface area (Å²) >= 11 is 0. The van der Waals surface area contributed by atoms with Crippen molar-refractivity contribution in [3.63, 3.8) is 0 Å². The average molecular weight is 456 g/mol. The minimum Gasteiger partial charge on any atom is -0.305 e. The lowest BCUT2D eigenvalue weighted by molar-refractivity contribution is -0.141. The number of alkyl halides is 5. The Kier molecular flexibility index (Phi) is 5.53. The van der Waals surface area contributed by atoms with Gasteiger partial charge in [0.25, 0.3) is 0 Å². The molecule has 8 nitrogen and oxygen atoms in total. The lowest BCUT2D eigenvalue weighted by atomic mass is 10.1. The number of halogens is 6. The van der Waals surface area contributed by atoms with Gasteiger partial charge in [-0.1, -0.05) is 0 Å². The number of pyridine rings is 1. The molecule has 3 rings (SSSR count). The monoisotopic (exact) mass is 456 g/mol. The van der Waals surface area contributed by atoms with E-state index in [0.29, 0.717) is 18.4 Å². The Morgan fingerprint density at radius 3 is 2.60 bits per heavy atom. The SMILES string of the molecule is Cc1c(C(F)(F)F)nc2c(c1NC(=O)N=[S@@](N)(=O)c1nn(C(F)F)cc1F)CCC2.